The molecule has 2 N–H and O–H groups in total. The van der Waals surface area contributed by atoms with Crippen molar-refractivity contribution < 1.29 is 14.0 Å². The van der Waals surface area contributed by atoms with Crippen molar-refractivity contribution >= 4 is 48.7 Å². The summed E-state index contributed by atoms with van der Waals surface area (Å²) in [6, 6.07) is 15.9. The van der Waals surface area contributed by atoms with Crippen LogP contribution >= 0.6 is 27.3 Å². The third-order valence-corrected chi connectivity index (χ3v) is 9.16. The summed E-state index contributed by atoms with van der Waals surface area (Å²) in [7, 11) is 0. The number of thiophene rings is 1. The Kier molecular flexibility index (Phi) is 7.44. The van der Waals surface area contributed by atoms with E-state index in [0.29, 0.717) is 10.0 Å². The highest BCUT2D eigenvalue weighted by Gasteiger charge is 2.33. The lowest BCUT2D eigenvalue weighted by Crippen LogP contribution is -2.41. The van der Waals surface area contributed by atoms with Gasteiger partial charge in [0.2, 0.25) is 0 Å². The molecule has 2 heterocycles. The van der Waals surface area contributed by atoms with Gasteiger partial charge in [-0.2, -0.15) is 0 Å². The van der Waals surface area contributed by atoms with Crippen molar-refractivity contribution in [2.75, 3.05) is 0 Å². The lowest BCUT2D eigenvalue weighted by molar-refractivity contribution is 0.0785. The predicted octanol–water partition coefficient (Wildman–Crippen LogP) is 7.23. The Morgan fingerprint density at radius 1 is 1.09 bits per heavy atom. The van der Waals surface area contributed by atoms with Gasteiger partial charge in [-0.15, -0.1) is 16.1 Å². The number of hydrogen-bond donors (Lipinski definition) is 2. The van der Waals surface area contributed by atoms with Crippen molar-refractivity contribution in [2.24, 2.45) is 0 Å². The molecule has 8 heteroatoms. The largest absolute Gasteiger partial charge is 0.598 e. The standard InChI is InChI=1S/C27H28BrFN2O2S2/c1-26(2,3)35(33)31-24(23-19(28)10-7-11-20(23)29)22-14-16-8-6-9-18(25(16)34-22)21-15-17(12-13-30-21)27(4,5)32/h6-15,24,31-32H,1-5H3/t24-,35-/m0/s1. The van der Waals surface area contributed by atoms with Crippen LogP contribution in [-0.4, -0.2) is 19.4 Å². The molecule has 0 aliphatic heterocycles. The van der Waals surface area contributed by atoms with Crippen LogP contribution in [0.5, 0.6) is 0 Å². The van der Waals surface area contributed by atoms with Gasteiger partial charge in [-0.3, -0.25) is 4.98 Å². The van der Waals surface area contributed by atoms with E-state index in [1.165, 1.54) is 17.4 Å². The van der Waals surface area contributed by atoms with Gasteiger partial charge in [0.25, 0.3) is 0 Å². The minimum Gasteiger partial charge on any atom is -0.598 e. The molecule has 0 saturated heterocycles. The molecule has 0 aliphatic rings. The smallest absolute Gasteiger partial charge is 0.136 e. The normalized spacial score (nSPS) is 14.3. The van der Waals surface area contributed by atoms with Gasteiger partial charge in [0.1, 0.15) is 16.6 Å². The van der Waals surface area contributed by atoms with Crippen LogP contribution in [0.4, 0.5) is 4.39 Å². The van der Waals surface area contributed by atoms with Crippen molar-refractivity contribution in [3.8, 4) is 11.3 Å². The number of nitrogens with one attached hydrogen (secondary N) is 1. The van der Waals surface area contributed by atoms with Crippen LogP contribution in [-0.2, 0) is 17.0 Å². The Morgan fingerprint density at radius 3 is 2.46 bits per heavy atom. The maximum absolute atomic E-state index is 15.1. The van der Waals surface area contributed by atoms with Gasteiger partial charge >= 0.3 is 0 Å². The Labute approximate surface area is 221 Å². The fourth-order valence-electron chi connectivity index (χ4n) is 3.71. The second-order valence-electron chi connectivity index (χ2n) is 9.93. The van der Waals surface area contributed by atoms with Gasteiger partial charge in [-0.05, 0) is 75.9 Å². The molecular weight excluding hydrogens is 547 g/mol. The number of hydrogen-bond acceptors (Lipinski definition) is 5. The van der Waals surface area contributed by atoms with Gasteiger partial charge in [0.05, 0.1) is 11.3 Å². The zero-order valence-electron chi connectivity index (χ0n) is 20.2. The van der Waals surface area contributed by atoms with E-state index in [1.807, 2.05) is 51.1 Å². The summed E-state index contributed by atoms with van der Waals surface area (Å²) in [6.45, 7) is 9.14. The summed E-state index contributed by atoms with van der Waals surface area (Å²) in [5.41, 5.74) is 1.87. The summed E-state index contributed by atoms with van der Waals surface area (Å²) in [5.74, 6) is -0.375. The van der Waals surface area contributed by atoms with E-state index in [4.69, 9.17) is 0 Å². The molecule has 35 heavy (non-hydrogen) atoms. The molecule has 2 aromatic heterocycles. The fraction of sp³-hybridized carbons (Fsp3) is 0.296. The Hall–Kier alpha value is -1.81. The van der Waals surface area contributed by atoms with Crippen molar-refractivity contribution in [3.63, 3.8) is 0 Å². The summed E-state index contributed by atoms with van der Waals surface area (Å²) in [5, 5.41) is 11.5. The summed E-state index contributed by atoms with van der Waals surface area (Å²) in [4.78, 5) is 5.40. The molecule has 0 amide bonds. The van der Waals surface area contributed by atoms with Crippen LogP contribution in [0.15, 0.2) is 65.3 Å². The quantitative estimate of drug-likeness (QED) is 0.238. The minimum absolute atomic E-state index is 0.375. The first-order chi connectivity index (χ1) is 16.4. The van der Waals surface area contributed by atoms with E-state index in [1.54, 1.807) is 38.2 Å². The van der Waals surface area contributed by atoms with Gasteiger partial charge in [-0.1, -0.05) is 40.2 Å². The average Bonchev–Trinajstić information content (AvgIpc) is 3.21. The van der Waals surface area contributed by atoms with E-state index in [2.05, 4.69) is 25.6 Å². The van der Waals surface area contributed by atoms with Crippen LogP contribution in [0, 0.1) is 5.82 Å². The molecule has 0 unspecified atom stereocenters. The van der Waals surface area contributed by atoms with Crippen molar-refractivity contribution in [3.05, 3.63) is 87.1 Å². The molecule has 4 nitrogen and oxygen atoms in total. The van der Waals surface area contributed by atoms with Crippen LogP contribution in [0.3, 0.4) is 0 Å². The number of nitrogens with zero attached hydrogens (tertiary/aromatic N) is 1. The Morgan fingerprint density at radius 2 is 1.80 bits per heavy atom. The number of halogens is 2. The maximum Gasteiger partial charge on any atom is 0.136 e. The monoisotopic (exact) mass is 574 g/mol. The van der Waals surface area contributed by atoms with Crippen LogP contribution in [0.1, 0.15) is 56.7 Å². The molecule has 0 bridgehead atoms. The SMILES string of the molecule is CC(C)(O)c1ccnc(-c2cccc3cc([C@H](N[S@@+]([O-])C(C)(C)C)c4c(F)cccc4Br)sc23)c1. The number of aromatic nitrogens is 1. The van der Waals surface area contributed by atoms with Crippen molar-refractivity contribution in [2.45, 2.75) is 51.0 Å². The highest BCUT2D eigenvalue weighted by Crippen LogP contribution is 2.41. The second kappa shape index (κ2) is 9.92. The molecule has 4 aromatic rings. The summed E-state index contributed by atoms with van der Waals surface area (Å²) < 4.78 is 32.5. The zero-order valence-corrected chi connectivity index (χ0v) is 23.4. The summed E-state index contributed by atoms with van der Waals surface area (Å²) >= 11 is 3.59. The highest BCUT2D eigenvalue weighted by atomic mass is 79.9. The van der Waals surface area contributed by atoms with Gasteiger partial charge < -0.3 is 9.66 Å². The second-order valence-corrected chi connectivity index (χ2v) is 13.9. The topological polar surface area (TPSA) is 68.2 Å². The first-order valence-electron chi connectivity index (χ1n) is 11.2. The minimum atomic E-state index is -1.43. The zero-order chi connectivity index (χ0) is 25.5. The number of pyridine rings is 1. The average molecular weight is 576 g/mol. The third-order valence-electron chi connectivity index (χ3n) is 5.66. The van der Waals surface area contributed by atoms with Gasteiger partial charge in [-0.25, -0.2) is 4.39 Å². The van der Waals surface area contributed by atoms with Crippen LogP contribution in [0.25, 0.3) is 21.3 Å². The number of benzene rings is 2. The van der Waals surface area contributed by atoms with E-state index < -0.39 is 27.8 Å². The van der Waals surface area contributed by atoms with E-state index in [-0.39, 0.29) is 5.82 Å². The number of aliphatic hydroxyl groups is 1. The first kappa shape index (κ1) is 26.3. The molecule has 0 spiro atoms. The summed E-state index contributed by atoms with van der Waals surface area (Å²) in [6.07, 6.45) is 1.70. The number of rotatable bonds is 6. The molecule has 2 aromatic carbocycles. The third kappa shape index (κ3) is 5.63. The van der Waals surface area contributed by atoms with E-state index in [9.17, 15) is 9.66 Å². The molecule has 4 rings (SSSR count). The molecule has 2 atom stereocenters. The predicted molar refractivity (Wildman–Crippen MR) is 147 cm³/mol. The van der Waals surface area contributed by atoms with Crippen LogP contribution < -0.4 is 4.72 Å². The van der Waals surface area contributed by atoms with Gasteiger partial charge in [0, 0.05) is 42.7 Å². The molecule has 0 aliphatic carbocycles. The van der Waals surface area contributed by atoms with Crippen molar-refractivity contribution in [1.29, 1.82) is 0 Å². The fourth-order valence-corrected chi connectivity index (χ4v) is 6.42. The Balaban J connectivity index is 1.87. The first-order valence-corrected chi connectivity index (χ1v) is 14.0. The Bertz CT molecular complexity index is 1340. The van der Waals surface area contributed by atoms with Gasteiger partial charge in [0.15, 0.2) is 0 Å². The lowest BCUT2D eigenvalue weighted by atomic mass is 9.97. The maximum atomic E-state index is 15.1. The molecule has 0 saturated carbocycles. The van der Waals surface area contributed by atoms with Crippen molar-refractivity contribution in [1.82, 2.24) is 9.71 Å². The lowest BCUT2D eigenvalue weighted by Gasteiger charge is -2.28. The van der Waals surface area contributed by atoms with Crippen LogP contribution in [0.2, 0.25) is 0 Å². The molecule has 184 valence electrons. The highest BCUT2D eigenvalue weighted by molar-refractivity contribution is 9.10. The molecular formula is C27H28BrFN2O2S2. The number of fused-ring (bicyclic) bond motifs is 1. The molecule has 0 radical (unpaired) electrons. The van der Waals surface area contributed by atoms with E-state index in [0.717, 1.165) is 31.8 Å². The molecule has 0 fully saturated rings. The van der Waals surface area contributed by atoms with E-state index >= 15 is 4.39 Å².